The maximum absolute atomic E-state index is 13.2. The largest absolute Gasteiger partial charge is 0.244 e. The van der Waals surface area contributed by atoms with E-state index in [-0.39, 0.29) is 15.8 Å². The first-order valence-electron chi connectivity index (χ1n) is 3.30. The van der Waals surface area contributed by atoms with Gasteiger partial charge in [-0.1, -0.05) is 23.2 Å². The number of halogens is 3. The van der Waals surface area contributed by atoms with Gasteiger partial charge in [-0.2, -0.15) is 0 Å². The molecule has 13 heavy (non-hydrogen) atoms. The van der Waals surface area contributed by atoms with Crippen LogP contribution in [0.15, 0.2) is 12.5 Å². The molecule has 2 heterocycles. The summed E-state index contributed by atoms with van der Waals surface area (Å²) in [5, 5.41) is 0.171. The zero-order valence-corrected chi connectivity index (χ0v) is 7.64. The standard InChI is InChI=1S/C7H2Cl2FN3/c8-6-3-1-11-2-12-5(3)4(10)7(9)13-6/h1-2H. The van der Waals surface area contributed by atoms with Crippen molar-refractivity contribution in [1.29, 1.82) is 0 Å². The van der Waals surface area contributed by atoms with Crippen molar-refractivity contribution < 1.29 is 4.39 Å². The molecule has 2 rings (SSSR count). The van der Waals surface area contributed by atoms with Gasteiger partial charge in [0.1, 0.15) is 17.0 Å². The Balaban J connectivity index is 2.97. The SMILES string of the molecule is Fc1c(Cl)nc(Cl)c2cncnc12. The summed E-state index contributed by atoms with van der Waals surface area (Å²) in [7, 11) is 0. The first-order chi connectivity index (χ1) is 6.20. The highest BCUT2D eigenvalue weighted by molar-refractivity contribution is 6.36. The molecule has 0 N–H and O–H groups in total. The van der Waals surface area contributed by atoms with E-state index in [4.69, 9.17) is 23.2 Å². The summed E-state index contributed by atoms with van der Waals surface area (Å²) in [6, 6.07) is 0. The monoisotopic (exact) mass is 217 g/mol. The van der Waals surface area contributed by atoms with Gasteiger partial charge in [0.15, 0.2) is 11.0 Å². The van der Waals surface area contributed by atoms with Gasteiger partial charge in [0.25, 0.3) is 0 Å². The molecule has 2 aromatic heterocycles. The van der Waals surface area contributed by atoms with Crippen molar-refractivity contribution in [3.8, 4) is 0 Å². The fourth-order valence-corrected chi connectivity index (χ4v) is 1.39. The van der Waals surface area contributed by atoms with Crippen molar-refractivity contribution in [3.05, 3.63) is 28.6 Å². The molecule has 0 spiro atoms. The van der Waals surface area contributed by atoms with Crippen LogP contribution < -0.4 is 0 Å². The Bertz CT molecular complexity index is 474. The topological polar surface area (TPSA) is 38.7 Å². The number of hydrogen-bond acceptors (Lipinski definition) is 3. The lowest BCUT2D eigenvalue weighted by molar-refractivity contribution is 0.631. The molecule has 0 unspecified atom stereocenters. The summed E-state index contributed by atoms with van der Waals surface area (Å²) < 4.78 is 13.2. The highest BCUT2D eigenvalue weighted by Gasteiger charge is 2.11. The van der Waals surface area contributed by atoms with Crippen LogP contribution in [-0.4, -0.2) is 15.0 Å². The summed E-state index contributed by atoms with van der Waals surface area (Å²) in [5.74, 6) is -0.677. The molecule has 0 aliphatic heterocycles. The molecule has 66 valence electrons. The van der Waals surface area contributed by atoms with Gasteiger partial charge < -0.3 is 0 Å². The minimum Gasteiger partial charge on any atom is -0.244 e. The van der Waals surface area contributed by atoms with Crippen LogP contribution in [0.1, 0.15) is 0 Å². The minimum atomic E-state index is -0.677. The third kappa shape index (κ3) is 1.32. The first-order valence-corrected chi connectivity index (χ1v) is 4.06. The van der Waals surface area contributed by atoms with Crippen molar-refractivity contribution in [3.63, 3.8) is 0 Å². The maximum Gasteiger partial charge on any atom is 0.186 e. The summed E-state index contributed by atoms with van der Waals surface area (Å²) in [6.45, 7) is 0. The molecule has 0 amide bonds. The molecule has 2 aromatic rings. The van der Waals surface area contributed by atoms with Gasteiger partial charge in [-0.05, 0) is 0 Å². The lowest BCUT2D eigenvalue weighted by atomic mass is 10.3. The van der Waals surface area contributed by atoms with E-state index in [1.54, 1.807) is 0 Å². The molecule has 0 saturated heterocycles. The molecule has 0 atom stereocenters. The van der Waals surface area contributed by atoms with Crippen LogP contribution in [0.2, 0.25) is 10.3 Å². The molecule has 0 fully saturated rings. The normalized spacial score (nSPS) is 10.7. The van der Waals surface area contributed by atoms with E-state index in [0.29, 0.717) is 5.39 Å². The predicted molar refractivity (Wildman–Crippen MR) is 47.3 cm³/mol. The van der Waals surface area contributed by atoms with Crippen molar-refractivity contribution >= 4 is 34.1 Å². The van der Waals surface area contributed by atoms with Gasteiger partial charge >= 0.3 is 0 Å². The van der Waals surface area contributed by atoms with Crippen LogP contribution in [0.3, 0.4) is 0 Å². The average Bonchev–Trinajstić information content (AvgIpc) is 2.15. The van der Waals surface area contributed by atoms with Crippen LogP contribution in [-0.2, 0) is 0 Å². The maximum atomic E-state index is 13.2. The molecule has 3 nitrogen and oxygen atoms in total. The first kappa shape index (κ1) is 8.59. The zero-order chi connectivity index (χ0) is 9.42. The second kappa shape index (κ2) is 3.05. The quantitative estimate of drug-likeness (QED) is 0.637. The molecule has 6 heteroatoms. The fourth-order valence-electron chi connectivity index (χ4n) is 0.949. The van der Waals surface area contributed by atoms with E-state index in [2.05, 4.69) is 15.0 Å². The zero-order valence-electron chi connectivity index (χ0n) is 6.13. The molecule has 0 saturated carbocycles. The van der Waals surface area contributed by atoms with E-state index >= 15 is 0 Å². The van der Waals surface area contributed by atoms with E-state index < -0.39 is 5.82 Å². The molecule has 0 radical (unpaired) electrons. The highest BCUT2D eigenvalue weighted by Crippen LogP contribution is 2.25. The number of pyridine rings is 1. The number of hydrogen-bond donors (Lipinski definition) is 0. The molecular formula is C7H2Cl2FN3. The molecule has 0 aromatic carbocycles. The molecule has 0 bridgehead atoms. The Morgan fingerprint density at radius 2 is 2.00 bits per heavy atom. The number of aromatic nitrogens is 3. The van der Waals surface area contributed by atoms with Crippen molar-refractivity contribution in [2.45, 2.75) is 0 Å². The lowest BCUT2D eigenvalue weighted by Gasteiger charge is -2.00. The second-order valence-electron chi connectivity index (χ2n) is 2.29. The van der Waals surface area contributed by atoms with E-state index in [1.165, 1.54) is 12.5 Å². The van der Waals surface area contributed by atoms with Crippen molar-refractivity contribution in [2.75, 3.05) is 0 Å². The smallest absolute Gasteiger partial charge is 0.186 e. The Morgan fingerprint density at radius 3 is 2.77 bits per heavy atom. The van der Waals surface area contributed by atoms with Crippen LogP contribution in [0.4, 0.5) is 4.39 Å². The van der Waals surface area contributed by atoms with Crippen LogP contribution in [0, 0.1) is 5.82 Å². The summed E-state index contributed by atoms with van der Waals surface area (Å²) in [6.07, 6.45) is 2.61. The Morgan fingerprint density at radius 1 is 1.23 bits per heavy atom. The van der Waals surface area contributed by atoms with Gasteiger partial charge in [0.2, 0.25) is 0 Å². The van der Waals surface area contributed by atoms with E-state index in [0.717, 1.165) is 0 Å². The predicted octanol–water partition coefficient (Wildman–Crippen LogP) is 2.47. The third-order valence-corrected chi connectivity index (χ3v) is 2.06. The second-order valence-corrected chi connectivity index (χ2v) is 3.01. The van der Waals surface area contributed by atoms with Crippen LogP contribution in [0.5, 0.6) is 0 Å². The Kier molecular flexibility index (Phi) is 2.01. The van der Waals surface area contributed by atoms with Gasteiger partial charge in [0.05, 0.1) is 5.39 Å². The van der Waals surface area contributed by atoms with Gasteiger partial charge in [-0.15, -0.1) is 0 Å². The summed E-state index contributed by atoms with van der Waals surface area (Å²) in [4.78, 5) is 11.0. The van der Waals surface area contributed by atoms with Gasteiger partial charge in [-0.3, -0.25) is 0 Å². The van der Waals surface area contributed by atoms with Gasteiger partial charge in [-0.25, -0.2) is 19.3 Å². The van der Waals surface area contributed by atoms with Crippen LogP contribution >= 0.6 is 23.2 Å². The highest BCUT2D eigenvalue weighted by atomic mass is 35.5. The molecular weight excluding hydrogens is 216 g/mol. The Hall–Kier alpha value is -1.00. The number of nitrogens with zero attached hydrogens (tertiary/aromatic N) is 3. The lowest BCUT2D eigenvalue weighted by Crippen LogP contribution is -1.91. The Labute approximate surface area is 82.5 Å². The fraction of sp³-hybridized carbons (Fsp3) is 0. The van der Waals surface area contributed by atoms with E-state index in [9.17, 15) is 4.39 Å². The van der Waals surface area contributed by atoms with Crippen molar-refractivity contribution in [1.82, 2.24) is 15.0 Å². The van der Waals surface area contributed by atoms with Crippen molar-refractivity contribution in [2.24, 2.45) is 0 Å². The third-order valence-electron chi connectivity index (χ3n) is 1.52. The van der Waals surface area contributed by atoms with Crippen LogP contribution in [0.25, 0.3) is 10.9 Å². The summed E-state index contributed by atoms with van der Waals surface area (Å²) in [5.41, 5.74) is 0.0833. The molecule has 0 aliphatic rings. The average molecular weight is 218 g/mol. The van der Waals surface area contributed by atoms with Gasteiger partial charge in [0, 0.05) is 6.20 Å². The number of rotatable bonds is 0. The number of fused-ring (bicyclic) bond motifs is 1. The molecule has 0 aliphatic carbocycles. The summed E-state index contributed by atoms with van der Waals surface area (Å²) >= 11 is 11.2. The van der Waals surface area contributed by atoms with E-state index in [1.807, 2.05) is 0 Å². The minimum absolute atomic E-state index is 0.0833.